The third kappa shape index (κ3) is 6.17. The lowest BCUT2D eigenvalue weighted by Gasteiger charge is -2.35. The Balaban J connectivity index is 1.71. The Kier molecular flexibility index (Phi) is 7.16. The third-order valence-electron chi connectivity index (χ3n) is 5.23. The number of anilines is 1. The standard InChI is InChI=1S/C20H26F2N6O2S/c1-27(31(2,29)30)12-14-4-3-9-28(13-14)19-10-15(7-8-24-19)17-11-25-18(26-17)6-5-16(23)20(21)22/h5-8,10-11,14,20,23H,3-4,9,12-13H2,1-2H3,(H,25,26)/b6-5-,23-16?. The van der Waals surface area contributed by atoms with Gasteiger partial charge in [0.2, 0.25) is 10.0 Å². The number of aromatic amines is 1. The van der Waals surface area contributed by atoms with E-state index in [1.54, 1.807) is 19.4 Å². The Labute approximate surface area is 180 Å². The van der Waals surface area contributed by atoms with E-state index < -0.39 is 22.2 Å². The number of hydrogen-bond acceptors (Lipinski definition) is 6. The van der Waals surface area contributed by atoms with E-state index in [1.807, 2.05) is 12.1 Å². The molecule has 0 amide bonds. The normalized spacial score (nSPS) is 17.7. The number of sulfonamides is 1. The molecule has 8 nitrogen and oxygen atoms in total. The van der Waals surface area contributed by atoms with Crippen LogP contribution >= 0.6 is 0 Å². The summed E-state index contributed by atoms with van der Waals surface area (Å²) in [5.74, 6) is 1.38. The van der Waals surface area contributed by atoms with Gasteiger partial charge in [-0.3, -0.25) is 5.41 Å². The van der Waals surface area contributed by atoms with Gasteiger partial charge in [-0.2, -0.15) is 0 Å². The van der Waals surface area contributed by atoms with Gasteiger partial charge in [-0.25, -0.2) is 31.5 Å². The van der Waals surface area contributed by atoms with Crippen molar-refractivity contribution in [2.45, 2.75) is 19.3 Å². The molecule has 1 fully saturated rings. The molecule has 11 heteroatoms. The largest absolute Gasteiger partial charge is 0.356 e. The van der Waals surface area contributed by atoms with Crippen molar-refractivity contribution in [2.75, 3.05) is 37.8 Å². The van der Waals surface area contributed by atoms with E-state index in [9.17, 15) is 17.2 Å². The van der Waals surface area contributed by atoms with Crippen molar-refractivity contribution in [2.24, 2.45) is 5.92 Å². The van der Waals surface area contributed by atoms with Gasteiger partial charge in [-0.05, 0) is 43.0 Å². The highest BCUT2D eigenvalue weighted by atomic mass is 32.2. The maximum absolute atomic E-state index is 12.4. The van der Waals surface area contributed by atoms with Crippen molar-refractivity contribution in [3.05, 3.63) is 36.4 Å². The molecule has 168 valence electrons. The summed E-state index contributed by atoms with van der Waals surface area (Å²) in [4.78, 5) is 13.8. The first kappa shape index (κ1) is 23.0. The fourth-order valence-electron chi connectivity index (χ4n) is 3.49. The molecule has 1 aliphatic rings. The summed E-state index contributed by atoms with van der Waals surface area (Å²) >= 11 is 0. The van der Waals surface area contributed by atoms with Crippen LogP contribution in [0, 0.1) is 11.3 Å². The van der Waals surface area contributed by atoms with Gasteiger partial charge < -0.3 is 9.88 Å². The van der Waals surface area contributed by atoms with Crippen molar-refractivity contribution in [3.63, 3.8) is 0 Å². The summed E-state index contributed by atoms with van der Waals surface area (Å²) in [5, 5.41) is 7.17. The smallest absolute Gasteiger partial charge is 0.279 e. The SMILES string of the molecule is CN(CC1CCCN(c2cc(-c3cnc(/C=C\C(=N)C(F)F)[nH]3)ccn2)C1)S(C)(=O)=O. The van der Waals surface area contributed by atoms with E-state index in [1.165, 1.54) is 16.6 Å². The van der Waals surface area contributed by atoms with Crippen LogP contribution in [0.3, 0.4) is 0 Å². The molecule has 3 rings (SSSR count). The van der Waals surface area contributed by atoms with Crippen LogP contribution in [0.4, 0.5) is 14.6 Å². The topological polar surface area (TPSA) is 106 Å². The highest BCUT2D eigenvalue weighted by Crippen LogP contribution is 2.26. The number of hydrogen-bond donors (Lipinski definition) is 2. The molecule has 2 N–H and O–H groups in total. The molecule has 31 heavy (non-hydrogen) atoms. The molecular formula is C20H26F2N6O2S. The zero-order valence-electron chi connectivity index (χ0n) is 17.4. The molecule has 1 atom stereocenters. The first-order chi connectivity index (χ1) is 14.6. The first-order valence-corrected chi connectivity index (χ1v) is 11.7. The van der Waals surface area contributed by atoms with Gasteiger partial charge in [-0.1, -0.05) is 0 Å². The second-order valence-electron chi connectivity index (χ2n) is 7.67. The minimum atomic E-state index is -3.21. The number of pyridine rings is 1. The molecule has 1 aliphatic heterocycles. The van der Waals surface area contributed by atoms with Gasteiger partial charge in [0.25, 0.3) is 6.43 Å². The van der Waals surface area contributed by atoms with Crippen molar-refractivity contribution in [3.8, 4) is 11.3 Å². The minimum absolute atomic E-state index is 0.216. The zero-order chi connectivity index (χ0) is 22.6. The summed E-state index contributed by atoms with van der Waals surface area (Å²) in [6, 6.07) is 3.75. The fraction of sp³-hybridized carbons (Fsp3) is 0.450. The van der Waals surface area contributed by atoms with Crippen molar-refractivity contribution in [1.29, 1.82) is 5.41 Å². The molecule has 0 bridgehead atoms. The van der Waals surface area contributed by atoms with Crippen LogP contribution in [0.5, 0.6) is 0 Å². The maximum Gasteiger partial charge on any atom is 0.279 e. The van der Waals surface area contributed by atoms with Gasteiger partial charge in [0.05, 0.1) is 23.9 Å². The van der Waals surface area contributed by atoms with Crippen LogP contribution in [0.15, 0.2) is 30.6 Å². The Bertz CT molecular complexity index is 1050. The van der Waals surface area contributed by atoms with E-state index in [4.69, 9.17) is 5.41 Å². The highest BCUT2D eigenvalue weighted by Gasteiger charge is 2.24. The molecule has 0 spiro atoms. The highest BCUT2D eigenvalue weighted by molar-refractivity contribution is 7.88. The van der Waals surface area contributed by atoms with Crippen molar-refractivity contribution >= 4 is 27.6 Å². The average molecular weight is 453 g/mol. The number of H-pyrrole nitrogens is 1. The predicted octanol–water partition coefficient (Wildman–Crippen LogP) is 2.88. The van der Waals surface area contributed by atoms with Crippen LogP contribution < -0.4 is 4.90 Å². The summed E-state index contributed by atoms with van der Waals surface area (Å²) in [6.45, 7) is 2.02. The molecule has 0 aromatic carbocycles. The van der Waals surface area contributed by atoms with E-state index in [-0.39, 0.29) is 5.92 Å². The summed E-state index contributed by atoms with van der Waals surface area (Å²) < 4.78 is 49.7. The monoisotopic (exact) mass is 452 g/mol. The number of alkyl halides is 2. The predicted molar refractivity (Wildman–Crippen MR) is 117 cm³/mol. The number of allylic oxidation sites excluding steroid dienone is 1. The molecular weight excluding hydrogens is 426 g/mol. The maximum atomic E-state index is 12.4. The quantitative estimate of drug-likeness (QED) is 0.599. The number of nitrogens with zero attached hydrogens (tertiary/aromatic N) is 4. The third-order valence-corrected chi connectivity index (χ3v) is 6.51. The molecule has 1 saturated heterocycles. The molecule has 3 heterocycles. The van der Waals surface area contributed by atoms with E-state index in [2.05, 4.69) is 19.9 Å². The summed E-state index contributed by atoms with van der Waals surface area (Å²) in [7, 11) is -1.61. The zero-order valence-corrected chi connectivity index (χ0v) is 18.2. The minimum Gasteiger partial charge on any atom is -0.356 e. The van der Waals surface area contributed by atoms with Gasteiger partial charge in [0.1, 0.15) is 11.6 Å². The molecule has 1 unspecified atom stereocenters. The Morgan fingerprint density at radius 3 is 2.94 bits per heavy atom. The van der Waals surface area contributed by atoms with E-state index in [0.717, 1.165) is 36.8 Å². The second kappa shape index (κ2) is 9.65. The Morgan fingerprint density at radius 2 is 2.23 bits per heavy atom. The van der Waals surface area contributed by atoms with Gasteiger partial charge >= 0.3 is 0 Å². The lowest BCUT2D eigenvalue weighted by Crippen LogP contribution is -2.41. The summed E-state index contributed by atoms with van der Waals surface area (Å²) in [5.41, 5.74) is 0.777. The molecule has 0 saturated carbocycles. The molecule has 2 aromatic rings. The second-order valence-corrected chi connectivity index (χ2v) is 9.76. The van der Waals surface area contributed by atoms with Crippen LogP contribution in [0.1, 0.15) is 18.7 Å². The number of nitrogens with one attached hydrogen (secondary N) is 2. The van der Waals surface area contributed by atoms with Crippen LogP contribution in [0.2, 0.25) is 0 Å². The number of imidazole rings is 1. The average Bonchev–Trinajstić information content (AvgIpc) is 3.20. The lowest BCUT2D eigenvalue weighted by atomic mass is 9.98. The Morgan fingerprint density at radius 1 is 1.45 bits per heavy atom. The van der Waals surface area contributed by atoms with Gasteiger partial charge in [0.15, 0.2) is 0 Å². The number of rotatable bonds is 8. The number of piperidine rings is 1. The van der Waals surface area contributed by atoms with Crippen LogP contribution in [-0.4, -0.2) is 72.7 Å². The van der Waals surface area contributed by atoms with Crippen molar-refractivity contribution < 1.29 is 17.2 Å². The first-order valence-electron chi connectivity index (χ1n) is 9.86. The van der Waals surface area contributed by atoms with Crippen molar-refractivity contribution in [1.82, 2.24) is 19.3 Å². The number of aromatic nitrogens is 3. The Hall–Kier alpha value is -2.66. The van der Waals surface area contributed by atoms with E-state index in [0.29, 0.717) is 24.6 Å². The van der Waals surface area contributed by atoms with Gasteiger partial charge in [-0.15, -0.1) is 0 Å². The van der Waals surface area contributed by atoms with Crippen LogP contribution in [0.25, 0.3) is 17.3 Å². The fourth-order valence-corrected chi connectivity index (χ4v) is 3.97. The number of halogens is 2. The molecule has 2 aromatic heterocycles. The molecule has 0 aliphatic carbocycles. The van der Waals surface area contributed by atoms with Gasteiger partial charge in [0, 0.05) is 38.4 Å². The van der Waals surface area contributed by atoms with E-state index >= 15 is 0 Å². The van der Waals surface area contributed by atoms with Crippen LogP contribution in [-0.2, 0) is 10.0 Å². The lowest BCUT2D eigenvalue weighted by molar-refractivity contribution is 0.226. The molecule has 0 radical (unpaired) electrons. The summed E-state index contributed by atoms with van der Waals surface area (Å²) in [6.07, 6.45) is 5.95.